The molecule has 0 saturated heterocycles. The Labute approximate surface area is 284 Å². The van der Waals surface area contributed by atoms with Gasteiger partial charge in [0, 0.05) is 17.3 Å². The largest absolute Gasteiger partial charge is 0.0796 e. The first kappa shape index (κ1) is 28.1. The van der Waals surface area contributed by atoms with Crippen molar-refractivity contribution in [3.8, 4) is 22.3 Å². The zero-order chi connectivity index (χ0) is 32.4. The maximum Gasteiger partial charge on any atom is 0.0159 e. The molecule has 3 unspecified atom stereocenters. The predicted molar refractivity (Wildman–Crippen MR) is 204 cm³/mol. The Balaban J connectivity index is 1.04. The minimum absolute atomic E-state index is 0.0621. The number of allylic oxidation sites excluding steroid dienone is 5. The van der Waals surface area contributed by atoms with Crippen molar-refractivity contribution < 1.29 is 0 Å². The van der Waals surface area contributed by atoms with Gasteiger partial charge < -0.3 is 0 Å². The summed E-state index contributed by atoms with van der Waals surface area (Å²) >= 11 is 0. The minimum Gasteiger partial charge on any atom is -0.0796 e. The van der Waals surface area contributed by atoms with Crippen LogP contribution in [0.2, 0.25) is 0 Å². The van der Waals surface area contributed by atoms with Crippen LogP contribution in [-0.4, -0.2) is 0 Å². The zero-order valence-corrected chi connectivity index (χ0v) is 28.2. The third-order valence-electron chi connectivity index (χ3n) is 12.5. The molecule has 0 fully saturated rings. The second-order valence-electron chi connectivity index (χ2n) is 15.7. The molecule has 0 radical (unpaired) electrons. The van der Waals surface area contributed by atoms with Gasteiger partial charge in [-0.3, -0.25) is 0 Å². The van der Waals surface area contributed by atoms with Crippen LogP contribution in [0.4, 0.5) is 0 Å². The monoisotopic (exact) mass is 616 g/mol. The Morgan fingerprint density at radius 1 is 0.562 bits per heavy atom. The molecule has 4 aliphatic carbocycles. The zero-order valence-electron chi connectivity index (χ0n) is 28.2. The van der Waals surface area contributed by atoms with Gasteiger partial charge in [0.05, 0.1) is 0 Å². The molecule has 0 heterocycles. The average Bonchev–Trinajstić information content (AvgIpc) is 3.50. The molecular weight excluding hydrogens is 577 g/mol. The molecule has 0 spiro atoms. The van der Waals surface area contributed by atoms with E-state index >= 15 is 0 Å². The van der Waals surface area contributed by atoms with Crippen LogP contribution in [0.1, 0.15) is 78.5 Å². The summed E-state index contributed by atoms with van der Waals surface area (Å²) in [4.78, 5) is 0. The molecule has 6 aromatic rings. The van der Waals surface area contributed by atoms with E-state index < -0.39 is 0 Å². The van der Waals surface area contributed by atoms with E-state index in [1.807, 2.05) is 0 Å². The molecule has 0 heteroatoms. The highest BCUT2D eigenvalue weighted by molar-refractivity contribution is 6.11. The van der Waals surface area contributed by atoms with Crippen molar-refractivity contribution in [1.82, 2.24) is 0 Å². The summed E-state index contributed by atoms with van der Waals surface area (Å²) in [5, 5.41) is 5.44. The summed E-state index contributed by atoms with van der Waals surface area (Å²) < 4.78 is 0. The molecule has 10 rings (SSSR count). The summed E-state index contributed by atoms with van der Waals surface area (Å²) in [6.45, 7) is 9.67. The van der Waals surface area contributed by atoms with E-state index in [0.717, 1.165) is 6.42 Å². The Bertz CT molecular complexity index is 2440. The van der Waals surface area contributed by atoms with Gasteiger partial charge in [-0.15, -0.1) is 0 Å². The van der Waals surface area contributed by atoms with E-state index in [0.29, 0.717) is 17.8 Å². The predicted octanol–water partition coefficient (Wildman–Crippen LogP) is 12.4. The summed E-state index contributed by atoms with van der Waals surface area (Å²) in [5.74, 6) is 1.36. The van der Waals surface area contributed by atoms with Gasteiger partial charge in [0.2, 0.25) is 0 Å². The fraction of sp³-hybridized carbons (Fsp3) is 0.208. The maximum absolute atomic E-state index is 2.56. The Morgan fingerprint density at radius 2 is 1.29 bits per heavy atom. The van der Waals surface area contributed by atoms with Gasteiger partial charge in [-0.25, -0.2) is 0 Å². The fourth-order valence-corrected chi connectivity index (χ4v) is 9.89. The Morgan fingerprint density at radius 3 is 2.17 bits per heavy atom. The molecule has 48 heavy (non-hydrogen) atoms. The maximum atomic E-state index is 2.56. The van der Waals surface area contributed by atoms with Crippen molar-refractivity contribution in [3.05, 3.63) is 172 Å². The molecule has 4 aliphatic rings. The minimum atomic E-state index is -0.0621. The number of benzene rings is 6. The fourth-order valence-electron chi connectivity index (χ4n) is 9.89. The van der Waals surface area contributed by atoms with E-state index in [9.17, 15) is 0 Å². The van der Waals surface area contributed by atoms with Crippen molar-refractivity contribution >= 4 is 27.6 Å². The highest BCUT2D eigenvalue weighted by Crippen LogP contribution is 2.56. The first-order valence-electron chi connectivity index (χ1n) is 17.7. The first-order valence-corrected chi connectivity index (χ1v) is 17.7. The standard InChI is InChI=1S/C48H40/c1-47(2)41-16-10-9-14-37(41)38-23-21-33(27-43(38)47)31-17-18-32-26-34(20-19-30(32)25-31)40-28-44-46(39-15-8-7-13-36(39)40)45-35-12-6-5-11-29(35)22-24-42(45)48(44,3)4/h5-25,27-28,34,37,41H,26H2,1-4H3. The number of fused-ring (bicyclic) bond motifs is 11. The summed E-state index contributed by atoms with van der Waals surface area (Å²) in [6.07, 6.45) is 15.1. The van der Waals surface area contributed by atoms with Gasteiger partial charge >= 0.3 is 0 Å². The summed E-state index contributed by atoms with van der Waals surface area (Å²) in [6, 6.07) is 39.7. The van der Waals surface area contributed by atoms with Crippen LogP contribution >= 0.6 is 0 Å². The SMILES string of the molecule is CC1(C)c2ccc3ccccc3c2-c2c1cc(C1C=Cc3cc(-c4ccc5c(c4)C(C)(C)C4C=CC=CC54)ccc3C1)c1ccccc21. The van der Waals surface area contributed by atoms with Crippen LogP contribution in [0.3, 0.4) is 0 Å². The van der Waals surface area contributed by atoms with Gasteiger partial charge in [0.25, 0.3) is 0 Å². The van der Waals surface area contributed by atoms with Gasteiger partial charge in [-0.2, -0.15) is 0 Å². The first-order chi connectivity index (χ1) is 23.3. The van der Waals surface area contributed by atoms with Crippen LogP contribution in [-0.2, 0) is 17.3 Å². The van der Waals surface area contributed by atoms with Crippen molar-refractivity contribution in [1.29, 1.82) is 0 Å². The molecule has 0 aliphatic heterocycles. The molecular formula is C48H40. The molecule has 0 nitrogen and oxygen atoms in total. The second-order valence-corrected chi connectivity index (χ2v) is 15.7. The van der Waals surface area contributed by atoms with E-state index in [-0.39, 0.29) is 10.8 Å². The number of hydrogen-bond acceptors (Lipinski definition) is 0. The topological polar surface area (TPSA) is 0 Å². The van der Waals surface area contributed by atoms with Crippen LogP contribution in [0.5, 0.6) is 0 Å². The molecule has 0 aromatic heterocycles. The lowest BCUT2D eigenvalue weighted by Gasteiger charge is -2.29. The van der Waals surface area contributed by atoms with E-state index in [1.165, 1.54) is 82.7 Å². The molecule has 6 aromatic carbocycles. The number of rotatable bonds is 2. The van der Waals surface area contributed by atoms with Crippen molar-refractivity contribution in [2.45, 2.75) is 56.8 Å². The van der Waals surface area contributed by atoms with Crippen molar-refractivity contribution in [2.24, 2.45) is 5.92 Å². The molecule has 0 N–H and O–H groups in total. The lowest BCUT2D eigenvalue weighted by Crippen LogP contribution is -2.24. The third-order valence-corrected chi connectivity index (χ3v) is 12.5. The normalized spacial score (nSPS) is 22.0. The quantitative estimate of drug-likeness (QED) is 0.182. The average molecular weight is 617 g/mol. The van der Waals surface area contributed by atoms with E-state index in [2.05, 4.69) is 167 Å². The highest BCUT2D eigenvalue weighted by Gasteiger charge is 2.44. The van der Waals surface area contributed by atoms with Crippen LogP contribution < -0.4 is 0 Å². The Kier molecular flexibility index (Phi) is 5.74. The van der Waals surface area contributed by atoms with Crippen molar-refractivity contribution in [2.75, 3.05) is 0 Å². The second kappa shape index (κ2) is 9.80. The molecule has 0 saturated carbocycles. The summed E-state index contributed by atoms with van der Waals surface area (Å²) in [7, 11) is 0. The summed E-state index contributed by atoms with van der Waals surface area (Å²) in [5.41, 5.74) is 15.7. The van der Waals surface area contributed by atoms with Crippen LogP contribution in [0.25, 0.3) is 49.9 Å². The number of hydrogen-bond donors (Lipinski definition) is 0. The lowest BCUT2D eigenvalue weighted by atomic mass is 9.74. The van der Waals surface area contributed by atoms with Gasteiger partial charge in [0.15, 0.2) is 0 Å². The smallest absolute Gasteiger partial charge is 0.0159 e. The van der Waals surface area contributed by atoms with Crippen molar-refractivity contribution in [3.63, 3.8) is 0 Å². The molecule has 0 bridgehead atoms. The Hall–Kier alpha value is -4.94. The molecule has 232 valence electrons. The van der Waals surface area contributed by atoms with Gasteiger partial charge in [-0.1, -0.05) is 161 Å². The van der Waals surface area contributed by atoms with Crippen LogP contribution in [0, 0.1) is 5.92 Å². The molecule has 3 atom stereocenters. The van der Waals surface area contributed by atoms with Gasteiger partial charge in [0.1, 0.15) is 0 Å². The van der Waals surface area contributed by atoms with E-state index in [1.54, 1.807) is 0 Å². The van der Waals surface area contributed by atoms with Crippen LogP contribution in [0.15, 0.2) is 134 Å². The molecule has 0 amide bonds. The third kappa shape index (κ3) is 3.78. The lowest BCUT2D eigenvalue weighted by molar-refractivity contribution is 0.394. The van der Waals surface area contributed by atoms with E-state index in [4.69, 9.17) is 0 Å². The highest BCUT2D eigenvalue weighted by atomic mass is 14.5. The van der Waals surface area contributed by atoms with Gasteiger partial charge in [-0.05, 0) is 107 Å².